The third-order valence-corrected chi connectivity index (χ3v) is 1.92. The van der Waals surface area contributed by atoms with Gasteiger partial charge >= 0.3 is 5.69 Å². The molecular formula is C7H10N4O3. The molecule has 1 heterocycles. The van der Waals surface area contributed by atoms with Crippen LogP contribution in [0.4, 0.5) is 5.69 Å². The maximum Gasteiger partial charge on any atom is 0.313 e. The summed E-state index contributed by atoms with van der Waals surface area (Å²) in [6.45, 7) is 1.62. The second kappa shape index (κ2) is 3.86. The Morgan fingerprint density at radius 1 is 1.79 bits per heavy atom. The first-order valence-corrected chi connectivity index (χ1v) is 3.90. The van der Waals surface area contributed by atoms with E-state index in [1.807, 2.05) is 0 Å². The third-order valence-electron chi connectivity index (χ3n) is 1.92. The van der Waals surface area contributed by atoms with Crippen molar-refractivity contribution in [3.8, 4) is 0 Å². The van der Waals surface area contributed by atoms with Crippen molar-refractivity contribution in [2.45, 2.75) is 13.3 Å². The second-order valence-corrected chi connectivity index (χ2v) is 2.76. The fourth-order valence-electron chi connectivity index (χ4n) is 1.17. The smallest absolute Gasteiger partial charge is 0.313 e. The Balaban J connectivity index is 3.15. The third kappa shape index (κ3) is 1.70. The standard InChI is InChI=1S/C7H10N4O3/c1-5-7(11(13)14)6(3-4-8-12)9-10(5)2/h4,12H,3H2,1-2H3/b8-4-. The highest BCUT2D eigenvalue weighted by Gasteiger charge is 2.22. The van der Waals surface area contributed by atoms with Crippen LogP contribution < -0.4 is 0 Å². The first-order chi connectivity index (χ1) is 6.57. The predicted molar refractivity (Wildman–Crippen MR) is 48.6 cm³/mol. The number of rotatable bonds is 3. The monoisotopic (exact) mass is 198 g/mol. The largest absolute Gasteiger partial charge is 0.411 e. The van der Waals surface area contributed by atoms with E-state index in [0.29, 0.717) is 11.4 Å². The van der Waals surface area contributed by atoms with Gasteiger partial charge in [0.1, 0.15) is 11.4 Å². The van der Waals surface area contributed by atoms with Crippen LogP contribution in [-0.4, -0.2) is 26.1 Å². The summed E-state index contributed by atoms with van der Waals surface area (Å²) < 4.78 is 1.43. The van der Waals surface area contributed by atoms with Crippen molar-refractivity contribution in [2.75, 3.05) is 0 Å². The van der Waals surface area contributed by atoms with Crippen LogP contribution >= 0.6 is 0 Å². The lowest BCUT2D eigenvalue weighted by Crippen LogP contribution is -1.95. The molecule has 7 nitrogen and oxygen atoms in total. The zero-order valence-corrected chi connectivity index (χ0v) is 7.84. The van der Waals surface area contributed by atoms with Gasteiger partial charge in [-0.2, -0.15) is 5.10 Å². The highest BCUT2D eigenvalue weighted by Crippen LogP contribution is 2.21. The molecule has 1 rings (SSSR count). The number of nitro groups is 1. The molecule has 0 saturated heterocycles. The maximum absolute atomic E-state index is 10.7. The quantitative estimate of drug-likeness (QED) is 0.333. The summed E-state index contributed by atoms with van der Waals surface area (Å²) in [6, 6.07) is 0. The fraction of sp³-hybridized carbons (Fsp3) is 0.429. The van der Waals surface area contributed by atoms with Gasteiger partial charge < -0.3 is 5.21 Å². The molecule has 0 radical (unpaired) electrons. The van der Waals surface area contributed by atoms with Crippen LogP contribution in [0.2, 0.25) is 0 Å². The molecular weight excluding hydrogens is 188 g/mol. The molecule has 76 valence electrons. The molecule has 1 aromatic rings. The first kappa shape index (κ1) is 10.2. The normalized spacial score (nSPS) is 11.0. The van der Waals surface area contributed by atoms with Crippen LogP contribution in [0, 0.1) is 17.0 Å². The lowest BCUT2D eigenvalue weighted by Gasteiger charge is -1.90. The first-order valence-electron chi connectivity index (χ1n) is 3.90. The van der Waals surface area contributed by atoms with Crippen molar-refractivity contribution in [3.63, 3.8) is 0 Å². The summed E-state index contributed by atoms with van der Waals surface area (Å²) in [5.74, 6) is 0. The fourth-order valence-corrected chi connectivity index (χ4v) is 1.17. The predicted octanol–water partition coefficient (Wildman–Crippen LogP) is 0.639. The van der Waals surface area contributed by atoms with Gasteiger partial charge in [0.2, 0.25) is 0 Å². The molecule has 0 fully saturated rings. The van der Waals surface area contributed by atoms with E-state index < -0.39 is 4.92 Å². The van der Waals surface area contributed by atoms with Crippen LogP contribution in [0.15, 0.2) is 5.16 Å². The van der Waals surface area contributed by atoms with E-state index in [9.17, 15) is 10.1 Å². The summed E-state index contributed by atoms with van der Waals surface area (Å²) in [5.41, 5.74) is 0.761. The molecule has 0 unspecified atom stereocenters. The van der Waals surface area contributed by atoms with E-state index in [-0.39, 0.29) is 12.1 Å². The van der Waals surface area contributed by atoms with Crippen LogP contribution in [0.3, 0.4) is 0 Å². The Hall–Kier alpha value is -1.92. The zero-order chi connectivity index (χ0) is 10.7. The lowest BCUT2D eigenvalue weighted by atomic mass is 10.2. The second-order valence-electron chi connectivity index (χ2n) is 2.76. The van der Waals surface area contributed by atoms with E-state index in [1.54, 1.807) is 14.0 Å². The average Bonchev–Trinajstić information content (AvgIpc) is 2.39. The van der Waals surface area contributed by atoms with Gasteiger partial charge in [-0.1, -0.05) is 0 Å². The molecule has 0 spiro atoms. The average molecular weight is 198 g/mol. The van der Waals surface area contributed by atoms with Crippen molar-refractivity contribution in [1.82, 2.24) is 9.78 Å². The van der Waals surface area contributed by atoms with Gasteiger partial charge in [0, 0.05) is 19.7 Å². The zero-order valence-electron chi connectivity index (χ0n) is 7.84. The summed E-state index contributed by atoms with van der Waals surface area (Å²) >= 11 is 0. The minimum atomic E-state index is -0.483. The van der Waals surface area contributed by atoms with Gasteiger partial charge in [0.05, 0.1) is 4.92 Å². The summed E-state index contributed by atoms with van der Waals surface area (Å²) in [6.07, 6.45) is 1.31. The molecule has 0 saturated carbocycles. The lowest BCUT2D eigenvalue weighted by molar-refractivity contribution is -0.386. The minimum absolute atomic E-state index is 0.0209. The molecule has 14 heavy (non-hydrogen) atoms. The van der Waals surface area contributed by atoms with Gasteiger partial charge in [-0.05, 0) is 6.92 Å². The van der Waals surface area contributed by atoms with Gasteiger partial charge in [0.25, 0.3) is 0 Å². The highest BCUT2D eigenvalue weighted by atomic mass is 16.6. The number of oxime groups is 1. The Labute approximate surface area is 79.8 Å². The number of aryl methyl sites for hydroxylation is 1. The molecule has 0 aromatic carbocycles. The molecule has 1 aromatic heterocycles. The van der Waals surface area contributed by atoms with Crippen LogP contribution in [0.1, 0.15) is 11.4 Å². The van der Waals surface area contributed by atoms with E-state index >= 15 is 0 Å². The van der Waals surface area contributed by atoms with E-state index in [4.69, 9.17) is 5.21 Å². The van der Waals surface area contributed by atoms with E-state index in [0.717, 1.165) is 6.21 Å². The number of aromatic nitrogens is 2. The molecule has 0 aliphatic rings. The summed E-state index contributed by atoms with van der Waals surface area (Å²) in [4.78, 5) is 10.2. The molecule has 0 aliphatic carbocycles. The Morgan fingerprint density at radius 2 is 2.43 bits per heavy atom. The van der Waals surface area contributed by atoms with Crippen LogP contribution in [0.5, 0.6) is 0 Å². The van der Waals surface area contributed by atoms with Gasteiger partial charge in [-0.15, -0.1) is 5.16 Å². The van der Waals surface area contributed by atoms with Crippen molar-refractivity contribution in [1.29, 1.82) is 0 Å². The van der Waals surface area contributed by atoms with Crippen LogP contribution in [0.25, 0.3) is 0 Å². The van der Waals surface area contributed by atoms with Crippen molar-refractivity contribution >= 4 is 11.9 Å². The molecule has 0 aliphatic heterocycles. The van der Waals surface area contributed by atoms with Crippen molar-refractivity contribution < 1.29 is 10.1 Å². The molecule has 1 N–H and O–H groups in total. The van der Waals surface area contributed by atoms with Gasteiger partial charge in [0.15, 0.2) is 0 Å². The highest BCUT2D eigenvalue weighted by molar-refractivity contribution is 5.62. The van der Waals surface area contributed by atoms with Crippen molar-refractivity contribution in [2.24, 2.45) is 12.2 Å². The van der Waals surface area contributed by atoms with Gasteiger partial charge in [-0.3, -0.25) is 14.8 Å². The summed E-state index contributed by atoms with van der Waals surface area (Å²) in [5, 5.41) is 25.6. The van der Waals surface area contributed by atoms with E-state index in [2.05, 4.69) is 10.3 Å². The molecule has 0 atom stereocenters. The Bertz CT molecular complexity index is 383. The number of hydrogen-bond donors (Lipinski definition) is 1. The Kier molecular flexibility index (Phi) is 2.80. The van der Waals surface area contributed by atoms with E-state index in [1.165, 1.54) is 4.68 Å². The number of hydrogen-bond acceptors (Lipinski definition) is 5. The molecule has 0 bridgehead atoms. The topological polar surface area (TPSA) is 93.6 Å². The Morgan fingerprint density at radius 3 is 2.93 bits per heavy atom. The SMILES string of the molecule is Cc1c([N+](=O)[O-])c(C/C=N\O)nn1C. The van der Waals surface area contributed by atoms with Crippen molar-refractivity contribution in [3.05, 3.63) is 21.5 Å². The molecule has 7 heteroatoms. The molecule has 0 amide bonds. The minimum Gasteiger partial charge on any atom is -0.411 e. The summed E-state index contributed by atoms with van der Waals surface area (Å²) in [7, 11) is 1.63. The van der Waals surface area contributed by atoms with Crippen LogP contribution in [-0.2, 0) is 13.5 Å². The maximum atomic E-state index is 10.7. The number of nitrogens with zero attached hydrogens (tertiary/aromatic N) is 4. The van der Waals surface area contributed by atoms with Gasteiger partial charge in [-0.25, -0.2) is 0 Å².